The van der Waals surface area contributed by atoms with Crippen molar-refractivity contribution in [1.29, 1.82) is 0 Å². The molecule has 0 radical (unpaired) electrons. The number of halogens is 2. The van der Waals surface area contributed by atoms with Crippen molar-refractivity contribution >= 4 is 34.8 Å². The van der Waals surface area contributed by atoms with Crippen LogP contribution < -0.4 is 10.2 Å². The monoisotopic (exact) mass is 332 g/mol. The molecular weight excluding hydrogens is 319 g/mol. The topological polar surface area (TPSA) is 49.4 Å². The maximum atomic E-state index is 13.2. The van der Waals surface area contributed by atoms with Gasteiger partial charge in [0.25, 0.3) is 5.91 Å². The second-order valence-corrected chi connectivity index (χ2v) is 5.66. The third-order valence-corrected chi connectivity index (χ3v) is 3.98. The smallest absolute Gasteiger partial charge is 0.257 e. The molecule has 1 N–H and O–H groups in total. The summed E-state index contributed by atoms with van der Waals surface area (Å²) >= 11 is 5.72. The van der Waals surface area contributed by atoms with Gasteiger partial charge in [-0.2, -0.15) is 0 Å². The number of carbonyl (C=O) groups excluding carboxylic acids is 2. The van der Waals surface area contributed by atoms with Crippen LogP contribution in [0.4, 0.5) is 15.8 Å². The van der Waals surface area contributed by atoms with E-state index >= 15 is 0 Å². The molecule has 0 atom stereocenters. The predicted molar refractivity (Wildman–Crippen MR) is 87.4 cm³/mol. The number of hydrogen-bond donors (Lipinski definition) is 1. The number of carbonyl (C=O) groups is 2. The Hall–Kier alpha value is -2.40. The van der Waals surface area contributed by atoms with Crippen molar-refractivity contribution in [3.63, 3.8) is 0 Å². The van der Waals surface area contributed by atoms with Crippen molar-refractivity contribution in [2.45, 2.75) is 12.8 Å². The van der Waals surface area contributed by atoms with Gasteiger partial charge < -0.3 is 10.2 Å². The summed E-state index contributed by atoms with van der Waals surface area (Å²) in [7, 11) is 0. The first-order chi connectivity index (χ1) is 11.1. The number of para-hydroxylation sites is 1. The Morgan fingerprint density at radius 3 is 2.70 bits per heavy atom. The van der Waals surface area contributed by atoms with Crippen LogP contribution in [0.15, 0.2) is 42.5 Å². The van der Waals surface area contributed by atoms with Crippen molar-refractivity contribution in [3.8, 4) is 0 Å². The fourth-order valence-corrected chi connectivity index (χ4v) is 2.76. The number of nitrogens with one attached hydrogen (secondary N) is 1. The minimum Gasteiger partial charge on any atom is -0.322 e. The molecule has 1 heterocycles. The number of amides is 2. The first-order valence-electron chi connectivity index (χ1n) is 7.22. The zero-order chi connectivity index (χ0) is 16.4. The zero-order valence-electron chi connectivity index (χ0n) is 12.2. The molecule has 3 rings (SSSR count). The zero-order valence-corrected chi connectivity index (χ0v) is 12.9. The molecule has 0 saturated carbocycles. The van der Waals surface area contributed by atoms with E-state index in [9.17, 15) is 14.0 Å². The van der Waals surface area contributed by atoms with Gasteiger partial charge in [0.15, 0.2) is 0 Å². The van der Waals surface area contributed by atoms with Crippen LogP contribution in [0.25, 0.3) is 0 Å². The van der Waals surface area contributed by atoms with E-state index in [0.717, 1.165) is 6.42 Å². The van der Waals surface area contributed by atoms with E-state index in [-0.39, 0.29) is 16.8 Å². The Bertz CT molecular complexity index is 779. The summed E-state index contributed by atoms with van der Waals surface area (Å²) in [5.41, 5.74) is 1.37. The number of hydrogen-bond acceptors (Lipinski definition) is 2. The van der Waals surface area contributed by atoms with Crippen molar-refractivity contribution in [2.24, 2.45) is 0 Å². The third-order valence-electron chi connectivity index (χ3n) is 3.69. The summed E-state index contributed by atoms with van der Waals surface area (Å²) in [6.45, 7) is 0.603. The quantitative estimate of drug-likeness (QED) is 0.928. The van der Waals surface area contributed by atoms with Crippen LogP contribution in [-0.2, 0) is 4.79 Å². The third kappa shape index (κ3) is 3.19. The second-order valence-electron chi connectivity index (χ2n) is 5.25. The van der Waals surface area contributed by atoms with Gasteiger partial charge in [-0.15, -0.1) is 0 Å². The molecule has 0 unspecified atom stereocenters. The summed E-state index contributed by atoms with van der Waals surface area (Å²) in [4.78, 5) is 26.1. The number of rotatable bonds is 3. The van der Waals surface area contributed by atoms with E-state index in [1.54, 1.807) is 29.2 Å². The van der Waals surface area contributed by atoms with E-state index in [0.29, 0.717) is 29.9 Å². The standard InChI is InChI=1S/C17H14ClFN2O2/c18-13-10-11(7-8-14(13)19)20-17(23)12-4-1-2-5-15(12)21-9-3-6-16(21)22/h1-2,4-5,7-8,10H,3,6,9H2,(H,20,23). The fraction of sp³-hybridized carbons (Fsp3) is 0.176. The number of nitrogens with zero attached hydrogens (tertiary/aromatic N) is 1. The molecule has 4 nitrogen and oxygen atoms in total. The lowest BCUT2D eigenvalue weighted by Crippen LogP contribution is -2.27. The Balaban J connectivity index is 1.87. The summed E-state index contributed by atoms with van der Waals surface area (Å²) in [6.07, 6.45) is 1.27. The first kappa shape index (κ1) is 15.5. The number of benzene rings is 2. The Labute approximate surface area is 137 Å². The van der Waals surface area contributed by atoms with Gasteiger partial charge in [-0.25, -0.2) is 4.39 Å². The largest absolute Gasteiger partial charge is 0.322 e. The molecular formula is C17H14ClFN2O2. The van der Waals surface area contributed by atoms with Crippen LogP contribution in [0, 0.1) is 5.82 Å². The second kappa shape index (κ2) is 6.38. The summed E-state index contributed by atoms with van der Waals surface area (Å²) in [5.74, 6) is -0.911. The van der Waals surface area contributed by atoms with Gasteiger partial charge in [-0.3, -0.25) is 9.59 Å². The van der Waals surface area contributed by atoms with Crippen molar-refractivity contribution in [2.75, 3.05) is 16.8 Å². The highest BCUT2D eigenvalue weighted by atomic mass is 35.5. The molecule has 1 aliphatic heterocycles. The highest BCUT2D eigenvalue weighted by molar-refractivity contribution is 6.31. The van der Waals surface area contributed by atoms with Gasteiger partial charge in [-0.1, -0.05) is 23.7 Å². The molecule has 2 aromatic carbocycles. The Morgan fingerprint density at radius 2 is 2.00 bits per heavy atom. The molecule has 118 valence electrons. The predicted octanol–water partition coefficient (Wildman–Crippen LogP) is 3.86. The van der Waals surface area contributed by atoms with Crippen LogP contribution in [0.5, 0.6) is 0 Å². The van der Waals surface area contributed by atoms with Gasteiger partial charge in [0.05, 0.1) is 16.3 Å². The van der Waals surface area contributed by atoms with Crippen LogP contribution in [0.3, 0.4) is 0 Å². The molecule has 0 aliphatic carbocycles. The van der Waals surface area contributed by atoms with E-state index in [2.05, 4.69) is 5.32 Å². The minimum absolute atomic E-state index is 0.00933. The van der Waals surface area contributed by atoms with Gasteiger partial charge in [0.1, 0.15) is 5.82 Å². The van der Waals surface area contributed by atoms with Crippen molar-refractivity contribution in [1.82, 2.24) is 0 Å². The Morgan fingerprint density at radius 1 is 1.22 bits per heavy atom. The molecule has 0 aromatic heterocycles. The lowest BCUT2D eigenvalue weighted by Gasteiger charge is -2.19. The summed E-state index contributed by atoms with van der Waals surface area (Å²) in [5, 5.41) is 2.61. The molecule has 2 aromatic rings. The molecule has 0 bridgehead atoms. The lowest BCUT2D eigenvalue weighted by atomic mass is 10.1. The van der Waals surface area contributed by atoms with Gasteiger partial charge in [0, 0.05) is 18.7 Å². The van der Waals surface area contributed by atoms with Crippen LogP contribution in [0.1, 0.15) is 23.2 Å². The fourth-order valence-electron chi connectivity index (χ4n) is 2.58. The van der Waals surface area contributed by atoms with Crippen LogP contribution in [0.2, 0.25) is 5.02 Å². The van der Waals surface area contributed by atoms with Crippen LogP contribution >= 0.6 is 11.6 Å². The van der Waals surface area contributed by atoms with Crippen LogP contribution in [-0.4, -0.2) is 18.4 Å². The van der Waals surface area contributed by atoms with E-state index in [4.69, 9.17) is 11.6 Å². The van der Waals surface area contributed by atoms with Gasteiger partial charge in [0.2, 0.25) is 5.91 Å². The average Bonchev–Trinajstić information content (AvgIpc) is 2.97. The highest BCUT2D eigenvalue weighted by Crippen LogP contribution is 2.27. The normalized spacial score (nSPS) is 14.2. The molecule has 1 saturated heterocycles. The van der Waals surface area contributed by atoms with E-state index in [1.165, 1.54) is 18.2 Å². The summed E-state index contributed by atoms with van der Waals surface area (Å²) < 4.78 is 13.2. The molecule has 6 heteroatoms. The highest BCUT2D eigenvalue weighted by Gasteiger charge is 2.25. The molecule has 2 amide bonds. The SMILES string of the molecule is O=C(Nc1ccc(F)c(Cl)c1)c1ccccc1N1CCCC1=O. The van der Waals surface area contributed by atoms with E-state index < -0.39 is 5.82 Å². The first-order valence-corrected chi connectivity index (χ1v) is 7.60. The molecule has 1 aliphatic rings. The summed E-state index contributed by atoms with van der Waals surface area (Å²) in [6, 6.07) is 10.9. The minimum atomic E-state index is -0.548. The number of anilines is 2. The van der Waals surface area contributed by atoms with Crippen molar-refractivity contribution in [3.05, 3.63) is 58.9 Å². The molecule has 23 heavy (non-hydrogen) atoms. The average molecular weight is 333 g/mol. The Kier molecular flexibility index (Phi) is 4.30. The van der Waals surface area contributed by atoms with E-state index in [1.807, 2.05) is 0 Å². The van der Waals surface area contributed by atoms with Gasteiger partial charge in [-0.05, 0) is 36.8 Å². The van der Waals surface area contributed by atoms with Gasteiger partial charge >= 0.3 is 0 Å². The molecule has 1 fully saturated rings. The van der Waals surface area contributed by atoms with Crippen molar-refractivity contribution < 1.29 is 14.0 Å². The maximum Gasteiger partial charge on any atom is 0.257 e. The lowest BCUT2D eigenvalue weighted by molar-refractivity contribution is -0.117. The molecule has 0 spiro atoms. The maximum absolute atomic E-state index is 13.2.